The van der Waals surface area contributed by atoms with Crippen molar-refractivity contribution in [3.05, 3.63) is 41.5 Å². The first-order valence-corrected chi connectivity index (χ1v) is 6.78. The predicted octanol–water partition coefficient (Wildman–Crippen LogP) is 4.10. The second-order valence-corrected chi connectivity index (χ2v) is 6.48. The smallest absolute Gasteiger partial charge is 0.165 e. The number of ketones is 1. The fourth-order valence-electron chi connectivity index (χ4n) is 3.82. The van der Waals surface area contributed by atoms with E-state index in [-0.39, 0.29) is 10.8 Å². The Morgan fingerprint density at radius 2 is 1.83 bits per heavy atom. The highest BCUT2D eigenvalue weighted by atomic mass is 16.1. The zero-order valence-corrected chi connectivity index (χ0v) is 11.4. The molecule has 1 aromatic rings. The van der Waals surface area contributed by atoms with Gasteiger partial charge < -0.3 is 0 Å². The molecule has 2 bridgehead atoms. The summed E-state index contributed by atoms with van der Waals surface area (Å²) < 4.78 is 0. The van der Waals surface area contributed by atoms with Crippen LogP contribution in [0.1, 0.15) is 39.2 Å². The Morgan fingerprint density at radius 3 is 2.39 bits per heavy atom. The van der Waals surface area contributed by atoms with E-state index < -0.39 is 0 Å². The minimum Gasteiger partial charge on any atom is -0.294 e. The van der Waals surface area contributed by atoms with Gasteiger partial charge in [0.25, 0.3) is 0 Å². The van der Waals surface area contributed by atoms with Crippen LogP contribution in [0, 0.1) is 16.7 Å². The van der Waals surface area contributed by atoms with Crippen LogP contribution in [0.3, 0.4) is 0 Å². The number of rotatable bonds is 1. The molecule has 1 heteroatoms. The summed E-state index contributed by atoms with van der Waals surface area (Å²) in [5.74, 6) is 0.822. The molecular weight excluding hydrogens is 220 g/mol. The molecule has 0 N–H and O–H groups in total. The van der Waals surface area contributed by atoms with Crippen LogP contribution in [-0.4, -0.2) is 5.78 Å². The third-order valence-electron chi connectivity index (χ3n) is 5.49. The lowest BCUT2D eigenvalue weighted by molar-refractivity contribution is -0.125. The van der Waals surface area contributed by atoms with E-state index in [0.29, 0.717) is 11.7 Å². The van der Waals surface area contributed by atoms with Crippen LogP contribution in [0.5, 0.6) is 0 Å². The summed E-state index contributed by atoms with van der Waals surface area (Å²) in [7, 11) is 0. The molecule has 0 unspecified atom stereocenters. The zero-order chi connectivity index (χ0) is 13.0. The summed E-state index contributed by atoms with van der Waals surface area (Å²) in [6.45, 7) is 6.67. The van der Waals surface area contributed by atoms with Gasteiger partial charge >= 0.3 is 0 Å². The fourth-order valence-corrected chi connectivity index (χ4v) is 3.82. The molecule has 2 atom stereocenters. The molecule has 18 heavy (non-hydrogen) atoms. The Hall–Kier alpha value is -1.37. The van der Waals surface area contributed by atoms with Crippen molar-refractivity contribution < 1.29 is 4.79 Å². The quantitative estimate of drug-likeness (QED) is 0.675. The monoisotopic (exact) mass is 240 g/mol. The van der Waals surface area contributed by atoms with Gasteiger partial charge in [0.15, 0.2) is 5.78 Å². The molecule has 1 nitrogen and oxygen atoms in total. The lowest BCUT2D eigenvalue weighted by atomic mass is 9.70. The molecule has 0 aromatic heterocycles. The molecule has 0 amide bonds. The molecule has 0 saturated heterocycles. The maximum absolute atomic E-state index is 12.6. The van der Waals surface area contributed by atoms with Crippen molar-refractivity contribution in [3.8, 4) is 0 Å². The number of carbonyl (C=O) groups excluding carboxylic acids is 1. The van der Waals surface area contributed by atoms with Crippen LogP contribution in [0.25, 0.3) is 6.08 Å². The SMILES string of the molecule is CC1(C)[C@H]2CC[C@@]1(C)C(=O)C2=Cc1ccccc1. The van der Waals surface area contributed by atoms with Crippen molar-refractivity contribution in [1.82, 2.24) is 0 Å². The van der Waals surface area contributed by atoms with Crippen molar-refractivity contribution in [3.63, 3.8) is 0 Å². The number of carbonyl (C=O) groups is 1. The van der Waals surface area contributed by atoms with Crippen LogP contribution < -0.4 is 0 Å². The van der Waals surface area contributed by atoms with E-state index in [1.165, 1.54) is 0 Å². The average molecular weight is 240 g/mol. The van der Waals surface area contributed by atoms with E-state index in [1.807, 2.05) is 18.2 Å². The van der Waals surface area contributed by atoms with Gasteiger partial charge in [0.2, 0.25) is 0 Å². The van der Waals surface area contributed by atoms with Crippen molar-refractivity contribution in [2.75, 3.05) is 0 Å². The zero-order valence-electron chi connectivity index (χ0n) is 11.4. The lowest BCUT2D eigenvalue weighted by Crippen LogP contribution is -2.32. The lowest BCUT2D eigenvalue weighted by Gasteiger charge is -2.31. The van der Waals surface area contributed by atoms with Gasteiger partial charge in [0, 0.05) is 5.41 Å². The molecule has 2 aliphatic carbocycles. The number of hydrogen-bond acceptors (Lipinski definition) is 1. The van der Waals surface area contributed by atoms with E-state index in [1.54, 1.807) is 0 Å². The number of benzene rings is 1. The third kappa shape index (κ3) is 1.31. The maximum Gasteiger partial charge on any atom is 0.165 e. The van der Waals surface area contributed by atoms with Gasteiger partial charge in [-0.15, -0.1) is 0 Å². The van der Waals surface area contributed by atoms with Gasteiger partial charge in [0.05, 0.1) is 0 Å². The number of fused-ring (bicyclic) bond motifs is 2. The third-order valence-corrected chi connectivity index (χ3v) is 5.49. The second kappa shape index (κ2) is 3.57. The number of hydrogen-bond donors (Lipinski definition) is 0. The largest absolute Gasteiger partial charge is 0.294 e. The minimum absolute atomic E-state index is 0.116. The van der Waals surface area contributed by atoms with Crippen LogP contribution in [0.15, 0.2) is 35.9 Å². The first kappa shape index (κ1) is 11.7. The topological polar surface area (TPSA) is 17.1 Å². The van der Waals surface area contributed by atoms with Gasteiger partial charge in [-0.05, 0) is 41.4 Å². The summed E-state index contributed by atoms with van der Waals surface area (Å²) in [5.41, 5.74) is 2.18. The van der Waals surface area contributed by atoms with Gasteiger partial charge in [0.1, 0.15) is 0 Å². The highest BCUT2D eigenvalue weighted by Gasteiger charge is 2.63. The Balaban J connectivity index is 2.07. The maximum atomic E-state index is 12.6. The van der Waals surface area contributed by atoms with Gasteiger partial charge in [-0.25, -0.2) is 0 Å². The number of allylic oxidation sites excluding steroid dienone is 1. The van der Waals surface area contributed by atoms with Crippen LogP contribution in [-0.2, 0) is 4.79 Å². The molecule has 2 fully saturated rings. The van der Waals surface area contributed by atoms with E-state index in [4.69, 9.17) is 0 Å². The van der Waals surface area contributed by atoms with Gasteiger partial charge in [-0.2, -0.15) is 0 Å². The molecule has 2 saturated carbocycles. The van der Waals surface area contributed by atoms with Crippen molar-refractivity contribution in [1.29, 1.82) is 0 Å². The van der Waals surface area contributed by atoms with Crippen molar-refractivity contribution in [2.45, 2.75) is 33.6 Å². The summed E-state index contributed by atoms with van der Waals surface area (Å²) in [5, 5.41) is 0. The Morgan fingerprint density at radius 1 is 1.17 bits per heavy atom. The van der Waals surface area contributed by atoms with Crippen LogP contribution in [0.2, 0.25) is 0 Å². The molecule has 0 heterocycles. The van der Waals surface area contributed by atoms with Gasteiger partial charge in [-0.1, -0.05) is 51.1 Å². The Labute approximate surface area is 109 Å². The highest BCUT2D eigenvalue weighted by Crippen LogP contribution is 2.65. The molecular formula is C17H20O. The molecule has 0 spiro atoms. The fraction of sp³-hybridized carbons (Fsp3) is 0.471. The minimum atomic E-state index is -0.141. The van der Waals surface area contributed by atoms with E-state index in [9.17, 15) is 4.79 Å². The number of Topliss-reactive ketones (excluding diaryl/α,β-unsaturated/α-hetero) is 1. The van der Waals surface area contributed by atoms with Crippen LogP contribution in [0.4, 0.5) is 0 Å². The summed E-state index contributed by atoms with van der Waals surface area (Å²) in [6, 6.07) is 10.2. The standard InChI is InChI=1S/C17H20O/c1-16(2)14-9-10-17(16,3)15(18)13(14)11-12-7-5-4-6-8-12/h4-8,11,14H,9-10H2,1-3H3/t14-,17-/m0/s1. The first-order valence-electron chi connectivity index (χ1n) is 6.78. The molecule has 1 aromatic carbocycles. The molecule has 2 aliphatic rings. The molecule has 94 valence electrons. The van der Waals surface area contributed by atoms with Crippen molar-refractivity contribution >= 4 is 11.9 Å². The summed E-state index contributed by atoms with van der Waals surface area (Å²) in [6.07, 6.45) is 4.32. The molecule has 3 rings (SSSR count). The average Bonchev–Trinajstić information content (AvgIpc) is 2.65. The predicted molar refractivity (Wildman–Crippen MR) is 74.0 cm³/mol. The van der Waals surface area contributed by atoms with E-state index >= 15 is 0 Å². The summed E-state index contributed by atoms with van der Waals surface area (Å²) in [4.78, 5) is 12.6. The Kier molecular flexibility index (Phi) is 2.32. The first-order chi connectivity index (χ1) is 8.47. The van der Waals surface area contributed by atoms with Crippen LogP contribution >= 0.6 is 0 Å². The Bertz CT molecular complexity index is 524. The highest BCUT2D eigenvalue weighted by molar-refractivity contribution is 6.07. The van der Waals surface area contributed by atoms with Gasteiger partial charge in [-0.3, -0.25) is 4.79 Å². The van der Waals surface area contributed by atoms with E-state index in [0.717, 1.165) is 24.0 Å². The summed E-state index contributed by atoms with van der Waals surface area (Å²) >= 11 is 0. The normalized spacial score (nSPS) is 35.4. The van der Waals surface area contributed by atoms with E-state index in [2.05, 4.69) is 39.0 Å². The molecule has 0 aliphatic heterocycles. The van der Waals surface area contributed by atoms with Crippen molar-refractivity contribution in [2.24, 2.45) is 16.7 Å². The second-order valence-electron chi connectivity index (χ2n) is 6.48. The molecule has 0 radical (unpaired) electrons.